The van der Waals surface area contributed by atoms with Crippen LogP contribution in [0.2, 0.25) is 0 Å². The summed E-state index contributed by atoms with van der Waals surface area (Å²) >= 11 is 4.65. The second kappa shape index (κ2) is 2.09. The smallest absolute Gasteiger partial charge is 0.196 e. The Labute approximate surface area is 53.4 Å². The highest BCUT2D eigenvalue weighted by Crippen LogP contribution is 1.70. The summed E-state index contributed by atoms with van der Waals surface area (Å²) in [6.07, 6.45) is 3.12. The molecule has 2 radical (unpaired) electrons. The van der Waals surface area contributed by atoms with E-state index >= 15 is 0 Å². The van der Waals surface area contributed by atoms with Crippen LogP contribution in [0.4, 0.5) is 0 Å². The van der Waals surface area contributed by atoms with Gasteiger partial charge in [0.05, 0.1) is 0 Å². The molecule has 0 spiro atoms. The molecule has 0 fully saturated rings. The standard InChI is InChI=1S/C4H3BN2S/c5-3-1-6-4(8)7-2-3/h1-2H,(H,6,7,8). The van der Waals surface area contributed by atoms with E-state index < -0.39 is 0 Å². The van der Waals surface area contributed by atoms with Crippen LogP contribution < -0.4 is 5.46 Å². The molecule has 1 aromatic rings. The van der Waals surface area contributed by atoms with Crippen LogP contribution in [0.1, 0.15) is 0 Å². The quantitative estimate of drug-likeness (QED) is 0.385. The van der Waals surface area contributed by atoms with Gasteiger partial charge < -0.3 is 4.98 Å². The van der Waals surface area contributed by atoms with Crippen LogP contribution >= 0.6 is 12.2 Å². The minimum Gasteiger partial charge on any atom is -0.338 e. The van der Waals surface area contributed by atoms with Gasteiger partial charge in [-0.05, 0) is 18.4 Å². The molecule has 0 amide bonds. The van der Waals surface area contributed by atoms with Crippen LogP contribution in [-0.2, 0) is 0 Å². The zero-order chi connectivity index (χ0) is 5.98. The van der Waals surface area contributed by atoms with E-state index in [0.29, 0.717) is 10.2 Å². The van der Waals surface area contributed by atoms with Crippen LogP contribution in [0, 0.1) is 4.77 Å². The van der Waals surface area contributed by atoms with Crippen molar-refractivity contribution in [2.75, 3.05) is 0 Å². The molecule has 0 atom stereocenters. The predicted molar refractivity (Wildman–Crippen MR) is 34.8 cm³/mol. The van der Waals surface area contributed by atoms with E-state index in [2.05, 4.69) is 22.2 Å². The molecule has 0 saturated heterocycles. The fourth-order valence-electron chi connectivity index (χ4n) is 0.353. The van der Waals surface area contributed by atoms with Crippen molar-refractivity contribution in [1.29, 1.82) is 0 Å². The molecule has 1 N–H and O–H groups in total. The summed E-state index contributed by atoms with van der Waals surface area (Å²) < 4.78 is 0.458. The molecule has 0 unspecified atom stereocenters. The van der Waals surface area contributed by atoms with Crippen LogP contribution in [0.15, 0.2) is 12.4 Å². The van der Waals surface area contributed by atoms with Gasteiger partial charge in [0, 0.05) is 6.20 Å². The lowest BCUT2D eigenvalue weighted by Gasteiger charge is -1.85. The van der Waals surface area contributed by atoms with E-state index in [-0.39, 0.29) is 0 Å². The van der Waals surface area contributed by atoms with Gasteiger partial charge in [-0.2, -0.15) is 0 Å². The second-order valence-electron chi connectivity index (χ2n) is 1.35. The molecule has 1 aromatic heterocycles. The molecule has 38 valence electrons. The molecule has 0 aromatic carbocycles. The van der Waals surface area contributed by atoms with Crippen molar-refractivity contribution in [3.05, 3.63) is 17.2 Å². The Morgan fingerprint density at radius 1 is 1.75 bits per heavy atom. The molecule has 0 aliphatic carbocycles. The first-order valence-corrected chi connectivity index (χ1v) is 2.50. The zero-order valence-corrected chi connectivity index (χ0v) is 4.90. The van der Waals surface area contributed by atoms with Gasteiger partial charge in [-0.15, -0.1) is 0 Å². The van der Waals surface area contributed by atoms with Crippen molar-refractivity contribution in [2.24, 2.45) is 0 Å². The lowest BCUT2D eigenvalue weighted by atomic mass is 10.0. The number of H-pyrrole nitrogens is 1. The Morgan fingerprint density at radius 2 is 2.50 bits per heavy atom. The van der Waals surface area contributed by atoms with Gasteiger partial charge in [0.2, 0.25) is 0 Å². The summed E-state index contributed by atoms with van der Waals surface area (Å²) in [7, 11) is 5.29. The maximum atomic E-state index is 5.29. The van der Waals surface area contributed by atoms with Gasteiger partial charge in [-0.1, -0.05) is 5.46 Å². The summed E-state index contributed by atoms with van der Waals surface area (Å²) in [5.41, 5.74) is 0.596. The normalized spacial score (nSPS) is 9.00. The first kappa shape index (κ1) is 5.50. The Bertz CT molecular complexity index is 211. The third-order valence-corrected chi connectivity index (χ3v) is 0.916. The maximum absolute atomic E-state index is 5.29. The lowest BCUT2D eigenvalue weighted by molar-refractivity contribution is 1.15. The van der Waals surface area contributed by atoms with Crippen molar-refractivity contribution < 1.29 is 0 Å². The summed E-state index contributed by atoms with van der Waals surface area (Å²) in [4.78, 5) is 6.39. The molecule has 0 aliphatic heterocycles. The summed E-state index contributed by atoms with van der Waals surface area (Å²) in [6, 6.07) is 0. The third-order valence-electron chi connectivity index (χ3n) is 0.693. The van der Waals surface area contributed by atoms with E-state index in [1.807, 2.05) is 0 Å². The minimum absolute atomic E-state index is 0.458. The average molecular weight is 122 g/mol. The molecule has 1 rings (SSSR count). The number of hydrogen-bond acceptors (Lipinski definition) is 2. The fourth-order valence-corrected chi connectivity index (χ4v) is 0.464. The van der Waals surface area contributed by atoms with E-state index in [0.717, 1.165) is 0 Å². The Hall–Kier alpha value is -0.635. The van der Waals surface area contributed by atoms with Crippen LogP contribution in [0.3, 0.4) is 0 Å². The van der Waals surface area contributed by atoms with E-state index in [4.69, 9.17) is 7.85 Å². The van der Waals surface area contributed by atoms with E-state index in [1.165, 1.54) is 6.20 Å². The van der Waals surface area contributed by atoms with Crippen molar-refractivity contribution in [3.63, 3.8) is 0 Å². The van der Waals surface area contributed by atoms with Crippen molar-refractivity contribution in [1.82, 2.24) is 9.97 Å². The monoisotopic (exact) mass is 122 g/mol. The molecular formula is C4H3BN2S. The summed E-state index contributed by atoms with van der Waals surface area (Å²) in [5, 5.41) is 0. The van der Waals surface area contributed by atoms with Gasteiger partial charge in [-0.3, -0.25) is 0 Å². The highest BCUT2D eigenvalue weighted by Gasteiger charge is 1.77. The lowest BCUT2D eigenvalue weighted by Crippen LogP contribution is -2.03. The molecule has 0 saturated carbocycles. The number of nitrogens with one attached hydrogen (secondary N) is 1. The zero-order valence-electron chi connectivity index (χ0n) is 4.09. The first-order chi connectivity index (χ1) is 3.79. The SMILES string of the molecule is [B]c1cnc(=S)[nH]c1. The summed E-state index contributed by atoms with van der Waals surface area (Å²) in [5.74, 6) is 0. The number of hydrogen-bond donors (Lipinski definition) is 1. The Morgan fingerprint density at radius 3 is 2.88 bits per heavy atom. The van der Waals surface area contributed by atoms with Crippen molar-refractivity contribution in [3.8, 4) is 0 Å². The highest BCUT2D eigenvalue weighted by atomic mass is 32.1. The highest BCUT2D eigenvalue weighted by molar-refractivity contribution is 7.71. The van der Waals surface area contributed by atoms with Crippen LogP contribution in [0.25, 0.3) is 0 Å². The average Bonchev–Trinajstić information content (AvgIpc) is 1.77. The first-order valence-electron chi connectivity index (χ1n) is 2.09. The summed E-state index contributed by atoms with van der Waals surface area (Å²) in [6.45, 7) is 0. The molecule has 0 bridgehead atoms. The third kappa shape index (κ3) is 1.17. The van der Waals surface area contributed by atoms with Crippen molar-refractivity contribution >= 4 is 25.5 Å². The number of aromatic nitrogens is 2. The molecule has 1 heterocycles. The Kier molecular flexibility index (Phi) is 1.44. The second-order valence-corrected chi connectivity index (χ2v) is 1.74. The molecule has 8 heavy (non-hydrogen) atoms. The molecular weight excluding hydrogens is 119 g/mol. The van der Waals surface area contributed by atoms with E-state index in [9.17, 15) is 0 Å². The maximum Gasteiger partial charge on any atom is 0.196 e. The number of aromatic amines is 1. The van der Waals surface area contributed by atoms with Gasteiger partial charge in [0.1, 0.15) is 7.85 Å². The van der Waals surface area contributed by atoms with Crippen LogP contribution in [-0.4, -0.2) is 17.8 Å². The predicted octanol–water partition coefficient (Wildman–Crippen LogP) is -0.0670. The molecule has 0 aliphatic rings. The minimum atomic E-state index is 0.458. The molecule has 2 nitrogen and oxygen atoms in total. The number of rotatable bonds is 0. The van der Waals surface area contributed by atoms with E-state index in [1.54, 1.807) is 6.20 Å². The largest absolute Gasteiger partial charge is 0.338 e. The van der Waals surface area contributed by atoms with Crippen LogP contribution in [0.5, 0.6) is 0 Å². The number of nitrogens with zero attached hydrogens (tertiary/aromatic N) is 1. The van der Waals surface area contributed by atoms with Gasteiger partial charge in [0.15, 0.2) is 4.77 Å². The Balaban J connectivity index is 3.22. The van der Waals surface area contributed by atoms with Crippen molar-refractivity contribution in [2.45, 2.75) is 0 Å². The molecule has 4 heteroatoms. The van der Waals surface area contributed by atoms with Gasteiger partial charge >= 0.3 is 0 Å². The topological polar surface area (TPSA) is 28.7 Å². The fraction of sp³-hybridized carbons (Fsp3) is 0. The van der Waals surface area contributed by atoms with Gasteiger partial charge in [0.25, 0.3) is 0 Å². The van der Waals surface area contributed by atoms with Gasteiger partial charge in [-0.25, -0.2) is 4.98 Å².